The molecular formula is C21H26FNO2S. The summed E-state index contributed by atoms with van der Waals surface area (Å²) >= 11 is 1.71. The molecule has 0 aromatic heterocycles. The van der Waals surface area contributed by atoms with Gasteiger partial charge in [0.25, 0.3) is 0 Å². The molecule has 0 unspecified atom stereocenters. The molecule has 3 nitrogen and oxygen atoms in total. The molecule has 0 atom stereocenters. The van der Waals surface area contributed by atoms with Gasteiger partial charge in [-0.2, -0.15) is 11.8 Å². The lowest BCUT2D eigenvalue weighted by atomic mass is 10.0. The Morgan fingerprint density at radius 1 is 1.12 bits per heavy atom. The van der Waals surface area contributed by atoms with E-state index in [1.165, 1.54) is 11.6 Å². The minimum Gasteiger partial charge on any atom is -0.490 e. The van der Waals surface area contributed by atoms with E-state index in [-0.39, 0.29) is 17.5 Å². The monoisotopic (exact) mass is 375 g/mol. The number of hydrogen-bond donors (Lipinski definition) is 1. The first-order valence-corrected chi connectivity index (χ1v) is 9.95. The molecule has 0 saturated carbocycles. The summed E-state index contributed by atoms with van der Waals surface area (Å²) in [4.78, 5) is 12.1. The van der Waals surface area contributed by atoms with Crippen LogP contribution in [0.15, 0.2) is 36.4 Å². The number of para-hydroxylation sites is 1. The summed E-state index contributed by atoms with van der Waals surface area (Å²) < 4.78 is 18.8. The number of thioether (sulfide) groups is 1. The zero-order valence-corrected chi connectivity index (χ0v) is 16.4. The number of nitrogens with one attached hydrogen (secondary N) is 1. The molecule has 0 bridgehead atoms. The number of amides is 1. The van der Waals surface area contributed by atoms with Crippen LogP contribution in [0.5, 0.6) is 5.75 Å². The topological polar surface area (TPSA) is 38.3 Å². The lowest BCUT2D eigenvalue weighted by molar-refractivity contribution is -0.116. The zero-order chi connectivity index (χ0) is 18.9. The highest BCUT2D eigenvalue weighted by Crippen LogP contribution is 2.22. The molecule has 140 valence electrons. The number of ether oxygens (including phenoxy) is 1. The standard InChI is InChI=1S/C21H26FNO2S/c1-15-13-16(2)21(17(3)14-15)23-20(24)9-6-11-26-12-10-25-19-8-5-4-7-18(19)22/h4-5,7-8,13-14H,6,9-12H2,1-3H3,(H,23,24). The van der Waals surface area contributed by atoms with Crippen molar-refractivity contribution in [3.05, 3.63) is 58.9 Å². The molecule has 0 spiro atoms. The highest BCUT2D eigenvalue weighted by Gasteiger charge is 2.08. The van der Waals surface area contributed by atoms with E-state index in [9.17, 15) is 9.18 Å². The lowest BCUT2D eigenvalue weighted by Gasteiger charge is -2.12. The third-order valence-corrected chi connectivity index (χ3v) is 4.99. The normalized spacial score (nSPS) is 10.6. The Morgan fingerprint density at radius 3 is 2.50 bits per heavy atom. The molecule has 26 heavy (non-hydrogen) atoms. The SMILES string of the molecule is Cc1cc(C)c(NC(=O)CCCSCCOc2ccccc2F)c(C)c1. The van der Waals surface area contributed by atoms with Gasteiger partial charge in [-0.05, 0) is 56.2 Å². The summed E-state index contributed by atoms with van der Waals surface area (Å²) in [6, 6.07) is 10.6. The van der Waals surface area contributed by atoms with Crippen LogP contribution in [0.3, 0.4) is 0 Å². The molecule has 2 aromatic rings. The van der Waals surface area contributed by atoms with Gasteiger partial charge in [-0.3, -0.25) is 4.79 Å². The molecule has 1 N–H and O–H groups in total. The van der Waals surface area contributed by atoms with Crippen molar-refractivity contribution in [3.63, 3.8) is 0 Å². The number of anilines is 1. The largest absolute Gasteiger partial charge is 0.490 e. The molecule has 2 aromatic carbocycles. The fourth-order valence-electron chi connectivity index (χ4n) is 2.79. The first-order chi connectivity index (χ1) is 12.5. The molecule has 0 aliphatic carbocycles. The lowest BCUT2D eigenvalue weighted by Crippen LogP contribution is -2.13. The van der Waals surface area contributed by atoms with Crippen LogP contribution < -0.4 is 10.1 Å². The number of rotatable bonds is 9. The predicted molar refractivity (Wildman–Crippen MR) is 108 cm³/mol. The van der Waals surface area contributed by atoms with Gasteiger partial charge in [0, 0.05) is 17.9 Å². The van der Waals surface area contributed by atoms with Gasteiger partial charge in [-0.1, -0.05) is 29.8 Å². The molecule has 2 rings (SSSR count). The summed E-state index contributed by atoms with van der Waals surface area (Å²) in [5.74, 6) is 1.64. The van der Waals surface area contributed by atoms with Gasteiger partial charge in [0.1, 0.15) is 0 Å². The summed E-state index contributed by atoms with van der Waals surface area (Å²) in [6.07, 6.45) is 1.30. The highest BCUT2D eigenvalue weighted by atomic mass is 32.2. The van der Waals surface area contributed by atoms with Crippen molar-refractivity contribution in [2.75, 3.05) is 23.4 Å². The summed E-state index contributed by atoms with van der Waals surface area (Å²) in [5.41, 5.74) is 4.31. The van der Waals surface area contributed by atoms with Crippen molar-refractivity contribution in [1.29, 1.82) is 0 Å². The maximum absolute atomic E-state index is 13.4. The molecule has 0 radical (unpaired) electrons. The fourth-order valence-corrected chi connectivity index (χ4v) is 3.54. The molecule has 0 saturated heterocycles. The van der Waals surface area contributed by atoms with Crippen LogP contribution in [0.1, 0.15) is 29.5 Å². The van der Waals surface area contributed by atoms with Gasteiger partial charge in [0.15, 0.2) is 11.6 Å². The summed E-state index contributed by atoms with van der Waals surface area (Å²) in [6.45, 7) is 6.54. The number of hydrogen-bond acceptors (Lipinski definition) is 3. The van der Waals surface area contributed by atoms with E-state index in [2.05, 4.69) is 24.4 Å². The molecule has 0 aliphatic heterocycles. The first-order valence-electron chi connectivity index (χ1n) is 8.80. The Kier molecular flexibility index (Phi) is 7.98. The second-order valence-electron chi connectivity index (χ2n) is 6.32. The third-order valence-electron chi connectivity index (χ3n) is 3.96. The van der Waals surface area contributed by atoms with Crippen molar-refractivity contribution >= 4 is 23.4 Å². The smallest absolute Gasteiger partial charge is 0.224 e. The van der Waals surface area contributed by atoms with E-state index in [1.807, 2.05) is 13.8 Å². The van der Waals surface area contributed by atoms with Gasteiger partial charge < -0.3 is 10.1 Å². The average molecular weight is 376 g/mol. The second-order valence-corrected chi connectivity index (χ2v) is 7.54. The van der Waals surface area contributed by atoms with Crippen LogP contribution in [0.2, 0.25) is 0 Å². The molecule has 0 aliphatic rings. The van der Waals surface area contributed by atoms with Gasteiger partial charge in [-0.15, -0.1) is 0 Å². The van der Waals surface area contributed by atoms with Crippen LogP contribution in [0.4, 0.5) is 10.1 Å². The van der Waals surface area contributed by atoms with Gasteiger partial charge in [-0.25, -0.2) is 4.39 Å². The van der Waals surface area contributed by atoms with Crippen molar-refractivity contribution in [2.45, 2.75) is 33.6 Å². The molecule has 5 heteroatoms. The molecule has 0 heterocycles. The van der Waals surface area contributed by atoms with Crippen LogP contribution >= 0.6 is 11.8 Å². The maximum atomic E-state index is 13.4. The number of carbonyl (C=O) groups is 1. The third kappa shape index (κ3) is 6.37. The van der Waals surface area contributed by atoms with Crippen molar-refractivity contribution in [1.82, 2.24) is 0 Å². The van der Waals surface area contributed by atoms with Crippen LogP contribution in [-0.2, 0) is 4.79 Å². The molecular weight excluding hydrogens is 349 g/mol. The fraction of sp³-hybridized carbons (Fsp3) is 0.381. The average Bonchev–Trinajstić information content (AvgIpc) is 2.58. The highest BCUT2D eigenvalue weighted by molar-refractivity contribution is 7.99. The first kappa shape index (κ1) is 20.3. The quantitative estimate of drug-likeness (QED) is 0.606. The van der Waals surface area contributed by atoms with E-state index >= 15 is 0 Å². The minimum atomic E-state index is -0.337. The second kappa shape index (κ2) is 10.2. The van der Waals surface area contributed by atoms with Gasteiger partial charge in [0.05, 0.1) is 6.61 Å². The van der Waals surface area contributed by atoms with Gasteiger partial charge >= 0.3 is 0 Å². The minimum absolute atomic E-state index is 0.0447. The Hall–Kier alpha value is -2.01. The van der Waals surface area contributed by atoms with E-state index in [0.717, 1.165) is 34.7 Å². The van der Waals surface area contributed by atoms with Crippen molar-refractivity contribution < 1.29 is 13.9 Å². The van der Waals surface area contributed by atoms with E-state index in [1.54, 1.807) is 30.0 Å². The maximum Gasteiger partial charge on any atom is 0.224 e. The number of aryl methyl sites for hydroxylation is 3. The van der Waals surface area contributed by atoms with Gasteiger partial charge in [0.2, 0.25) is 5.91 Å². The summed E-state index contributed by atoms with van der Waals surface area (Å²) in [7, 11) is 0. The van der Waals surface area contributed by atoms with Crippen LogP contribution in [0.25, 0.3) is 0 Å². The molecule has 0 fully saturated rings. The summed E-state index contributed by atoms with van der Waals surface area (Å²) in [5, 5.41) is 3.02. The Labute approximate surface area is 159 Å². The Balaban J connectivity index is 1.61. The number of benzene rings is 2. The predicted octanol–water partition coefficient (Wildman–Crippen LogP) is 5.28. The molecule has 1 amide bonds. The van der Waals surface area contributed by atoms with Crippen molar-refractivity contribution in [3.8, 4) is 5.75 Å². The van der Waals surface area contributed by atoms with E-state index in [0.29, 0.717) is 13.0 Å². The number of carbonyl (C=O) groups excluding carboxylic acids is 1. The van der Waals surface area contributed by atoms with E-state index < -0.39 is 0 Å². The Bertz CT molecular complexity index is 726. The van der Waals surface area contributed by atoms with E-state index in [4.69, 9.17) is 4.74 Å². The van der Waals surface area contributed by atoms with Crippen molar-refractivity contribution in [2.24, 2.45) is 0 Å². The number of halogens is 1. The zero-order valence-electron chi connectivity index (χ0n) is 15.6. The van der Waals surface area contributed by atoms with Crippen LogP contribution in [0, 0.1) is 26.6 Å². The Morgan fingerprint density at radius 2 is 1.81 bits per heavy atom. The van der Waals surface area contributed by atoms with Crippen LogP contribution in [-0.4, -0.2) is 24.0 Å².